The molecule has 2 rings (SSSR count). The number of benzene rings is 1. The molecule has 78 valence electrons. The number of nitrogens with zero attached hydrogens (tertiary/aromatic N) is 1. The van der Waals surface area contributed by atoms with Crippen molar-refractivity contribution in [1.29, 1.82) is 0 Å². The van der Waals surface area contributed by atoms with Gasteiger partial charge in [0.1, 0.15) is 12.0 Å². The molecule has 0 saturated carbocycles. The number of aromatic nitrogens is 1. The first kappa shape index (κ1) is 9.77. The van der Waals surface area contributed by atoms with E-state index < -0.39 is 0 Å². The Hall–Kier alpha value is -1.77. The fourth-order valence-electron chi connectivity index (χ4n) is 1.42. The lowest BCUT2D eigenvalue weighted by Crippen LogP contribution is -1.93. The Bertz CT molecular complexity index is 421. The summed E-state index contributed by atoms with van der Waals surface area (Å²) in [5.41, 5.74) is 1.17. The largest absolute Gasteiger partial charge is 0.436 e. The molecule has 1 aromatic carbocycles. The van der Waals surface area contributed by atoms with Gasteiger partial charge in [-0.3, -0.25) is 0 Å². The standard InChI is InChI=1S/C12H13NO2/c1-9(2)10-5-3-4-6-11(10)15-12-7-8-14-13-12/h3-9H,1-2H3. The van der Waals surface area contributed by atoms with Gasteiger partial charge < -0.3 is 9.26 Å². The third-order valence-corrected chi connectivity index (χ3v) is 2.17. The first-order valence-electron chi connectivity index (χ1n) is 4.94. The van der Waals surface area contributed by atoms with Gasteiger partial charge in [0.25, 0.3) is 5.88 Å². The van der Waals surface area contributed by atoms with Gasteiger partial charge in [0.05, 0.1) is 0 Å². The lowest BCUT2D eigenvalue weighted by Gasteiger charge is -2.11. The fraction of sp³-hybridized carbons (Fsp3) is 0.250. The maximum absolute atomic E-state index is 5.61. The van der Waals surface area contributed by atoms with Crippen LogP contribution in [0, 0.1) is 0 Å². The van der Waals surface area contributed by atoms with Crippen molar-refractivity contribution in [3.63, 3.8) is 0 Å². The van der Waals surface area contributed by atoms with Crippen LogP contribution in [0.1, 0.15) is 25.3 Å². The van der Waals surface area contributed by atoms with Crippen molar-refractivity contribution in [2.24, 2.45) is 0 Å². The molecule has 0 bridgehead atoms. The molecule has 15 heavy (non-hydrogen) atoms. The molecule has 3 heteroatoms. The Labute approximate surface area is 88.7 Å². The lowest BCUT2D eigenvalue weighted by molar-refractivity contribution is 0.364. The van der Waals surface area contributed by atoms with Gasteiger partial charge in [0.15, 0.2) is 0 Å². The van der Waals surface area contributed by atoms with Gasteiger partial charge in [0.2, 0.25) is 0 Å². The first-order chi connectivity index (χ1) is 7.27. The summed E-state index contributed by atoms with van der Waals surface area (Å²) in [6.45, 7) is 4.26. The maximum Gasteiger partial charge on any atom is 0.259 e. The average molecular weight is 203 g/mol. The molecule has 0 aliphatic heterocycles. The van der Waals surface area contributed by atoms with Crippen LogP contribution >= 0.6 is 0 Å². The summed E-state index contributed by atoms with van der Waals surface area (Å²) in [5.74, 6) is 1.75. The van der Waals surface area contributed by atoms with E-state index in [1.165, 1.54) is 11.8 Å². The van der Waals surface area contributed by atoms with E-state index in [1.54, 1.807) is 6.07 Å². The Morgan fingerprint density at radius 3 is 2.67 bits per heavy atom. The van der Waals surface area contributed by atoms with E-state index in [2.05, 4.69) is 25.1 Å². The van der Waals surface area contributed by atoms with Crippen molar-refractivity contribution in [2.45, 2.75) is 19.8 Å². The van der Waals surface area contributed by atoms with Crippen LogP contribution in [-0.4, -0.2) is 5.16 Å². The monoisotopic (exact) mass is 203 g/mol. The van der Waals surface area contributed by atoms with E-state index in [9.17, 15) is 0 Å². The molecular weight excluding hydrogens is 190 g/mol. The predicted molar refractivity (Wildman–Crippen MR) is 57.1 cm³/mol. The zero-order valence-electron chi connectivity index (χ0n) is 8.81. The van der Waals surface area contributed by atoms with Crippen LogP contribution in [-0.2, 0) is 0 Å². The van der Waals surface area contributed by atoms with E-state index >= 15 is 0 Å². The zero-order valence-corrected chi connectivity index (χ0v) is 8.81. The Morgan fingerprint density at radius 2 is 2.00 bits per heavy atom. The molecule has 0 spiro atoms. The molecule has 3 nitrogen and oxygen atoms in total. The second-order valence-electron chi connectivity index (χ2n) is 3.63. The average Bonchev–Trinajstić information content (AvgIpc) is 2.71. The van der Waals surface area contributed by atoms with Gasteiger partial charge in [-0.1, -0.05) is 32.0 Å². The summed E-state index contributed by atoms with van der Waals surface area (Å²) in [4.78, 5) is 0. The van der Waals surface area contributed by atoms with Gasteiger partial charge >= 0.3 is 0 Å². The highest BCUT2D eigenvalue weighted by Gasteiger charge is 2.08. The van der Waals surface area contributed by atoms with E-state index in [-0.39, 0.29) is 0 Å². The molecule has 0 unspecified atom stereocenters. The van der Waals surface area contributed by atoms with Crippen LogP contribution in [0.3, 0.4) is 0 Å². The quantitative estimate of drug-likeness (QED) is 0.764. The lowest BCUT2D eigenvalue weighted by atomic mass is 10.0. The molecule has 0 atom stereocenters. The second kappa shape index (κ2) is 4.17. The smallest absolute Gasteiger partial charge is 0.259 e. The topological polar surface area (TPSA) is 35.3 Å². The minimum absolute atomic E-state index is 0.424. The van der Waals surface area contributed by atoms with Crippen LogP contribution in [0.2, 0.25) is 0 Å². The maximum atomic E-state index is 5.61. The third-order valence-electron chi connectivity index (χ3n) is 2.17. The first-order valence-corrected chi connectivity index (χ1v) is 4.94. The molecule has 0 saturated heterocycles. The molecular formula is C12H13NO2. The Morgan fingerprint density at radius 1 is 1.20 bits per heavy atom. The summed E-state index contributed by atoms with van der Waals surface area (Å²) in [7, 11) is 0. The van der Waals surface area contributed by atoms with Crippen molar-refractivity contribution in [1.82, 2.24) is 5.16 Å². The molecule has 1 heterocycles. The molecule has 0 aliphatic rings. The Balaban J connectivity index is 2.28. The van der Waals surface area contributed by atoms with Crippen molar-refractivity contribution >= 4 is 0 Å². The molecule has 0 aliphatic carbocycles. The zero-order chi connectivity index (χ0) is 10.7. The number of para-hydroxylation sites is 1. The fourth-order valence-corrected chi connectivity index (χ4v) is 1.42. The normalized spacial score (nSPS) is 10.6. The molecule has 0 amide bonds. The third kappa shape index (κ3) is 2.18. The molecule has 0 N–H and O–H groups in total. The number of ether oxygens (including phenoxy) is 1. The van der Waals surface area contributed by atoms with Gasteiger partial charge in [-0.05, 0) is 22.7 Å². The highest BCUT2D eigenvalue weighted by atomic mass is 16.5. The minimum atomic E-state index is 0.424. The summed E-state index contributed by atoms with van der Waals surface area (Å²) in [5, 5.41) is 3.71. The van der Waals surface area contributed by atoms with Crippen LogP contribution < -0.4 is 4.74 Å². The van der Waals surface area contributed by atoms with Crippen molar-refractivity contribution in [3.8, 4) is 11.6 Å². The van der Waals surface area contributed by atoms with E-state index in [1.807, 2.05) is 18.2 Å². The SMILES string of the molecule is CC(C)c1ccccc1Oc1ccon1. The summed E-state index contributed by atoms with van der Waals surface area (Å²) >= 11 is 0. The van der Waals surface area contributed by atoms with Gasteiger partial charge in [-0.2, -0.15) is 0 Å². The van der Waals surface area contributed by atoms with E-state index in [0.29, 0.717) is 11.8 Å². The number of hydrogen-bond acceptors (Lipinski definition) is 3. The Kier molecular flexibility index (Phi) is 2.72. The van der Waals surface area contributed by atoms with E-state index in [0.717, 1.165) is 5.75 Å². The van der Waals surface area contributed by atoms with Crippen molar-refractivity contribution < 1.29 is 9.26 Å². The van der Waals surface area contributed by atoms with Crippen molar-refractivity contribution in [3.05, 3.63) is 42.2 Å². The van der Waals surface area contributed by atoms with Crippen LogP contribution in [0.4, 0.5) is 0 Å². The molecule has 2 aromatic rings. The van der Waals surface area contributed by atoms with Gasteiger partial charge in [-0.25, -0.2) is 0 Å². The number of rotatable bonds is 3. The molecule has 0 radical (unpaired) electrons. The second-order valence-corrected chi connectivity index (χ2v) is 3.63. The van der Waals surface area contributed by atoms with Gasteiger partial charge in [0, 0.05) is 6.07 Å². The summed E-state index contributed by atoms with van der Waals surface area (Å²) in [6.07, 6.45) is 1.49. The van der Waals surface area contributed by atoms with Crippen molar-refractivity contribution in [2.75, 3.05) is 0 Å². The summed E-state index contributed by atoms with van der Waals surface area (Å²) in [6, 6.07) is 9.63. The number of hydrogen-bond donors (Lipinski definition) is 0. The predicted octanol–water partition coefficient (Wildman–Crippen LogP) is 3.59. The highest BCUT2D eigenvalue weighted by molar-refractivity contribution is 5.37. The molecule has 0 fully saturated rings. The van der Waals surface area contributed by atoms with Crippen LogP contribution in [0.5, 0.6) is 11.6 Å². The van der Waals surface area contributed by atoms with Crippen LogP contribution in [0.25, 0.3) is 0 Å². The van der Waals surface area contributed by atoms with Crippen LogP contribution in [0.15, 0.2) is 41.1 Å². The van der Waals surface area contributed by atoms with E-state index in [4.69, 9.17) is 9.26 Å². The molecule has 1 aromatic heterocycles. The van der Waals surface area contributed by atoms with Gasteiger partial charge in [-0.15, -0.1) is 0 Å². The highest BCUT2D eigenvalue weighted by Crippen LogP contribution is 2.29. The summed E-state index contributed by atoms with van der Waals surface area (Å²) < 4.78 is 10.3. The minimum Gasteiger partial charge on any atom is -0.436 e.